The van der Waals surface area contributed by atoms with E-state index in [9.17, 15) is 4.79 Å². The van der Waals surface area contributed by atoms with Gasteiger partial charge in [0, 0.05) is 13.6 Å². The second kappa shape index (κ2) is 6.80. The third kappa shape index (κ3) is 3.05. The standard InChI is InChI=1S/C20H26BrClN6O/c1-3-27-16(15(22)9-24-27)10-26(2)17(29)19-5-13-4-14(6-19)8-20(7-13,11-19)28-12-23-18(21)25-28/h9,12-14H,3-8,10-11H2,1-2H3. The third-order valence-corrected chi connectivity index (χ3v) is 8.04. The van der Waals surface area contributed by atoms with Crippen LogP contribution in [0.2, 0.25) is 5.02 Å². The molecule has 4 fully saturated rings. The van der Waals surface area contributed by atoms with Crippen LogP contribution in [0.3, 0.4) is 0 Å². The summed E-state index contributed by atoms with van der Waals surface area (Å²) in [5, 5.41) is 9.54. The van der Waals surface area contributed by atoms with E-state index in [1.165, 1.54) is 6.42 Å². The van der Waals surface area contributed by atoms with Gasteiger partial charge in [-0.1, -0.05) is 11.6 Å². The molecule has 6 rings (SSSR count). The summed E-state index contributed by atoms with van der Waals surface area (Å²) >= 11 is 9.74. The summed E-state index contributed by atoms with van der Waals surface area (Å²) in [6.45, 7) is 3.27. The van der Waals surface area contributed by atoms with E-state index < -0.39 is 0 Å². The Hall–Kier alpha value is -1.41. The molecule has 2 heterocycles. The predicted octanol–water partition coefficient (Wildman–Crippen LogP) is 3.86. The van der Waals surface area contributed by atoms with Gasteiger partial charge in [-0.25, -0.2) is 9.67 Å². The van der Waals surface area contributed by atoms with Crippen molar-refractivity contribution < 1.29 is 4.79 Å². The molecular weight excluding hydrogens is 456 g/mol. The Morgan fingerprint density at radius 2 is 2.07 bits per heavy atom. The second-order valence-electron chi connectivity index (χ2n) is 9.34. The van der Waals surface area contributed by atoms with Crippen molar-refractivity contribution in [3.63, 3.8) is 0 Å². The third-order valence-electron chi connectivity index (χ3n) is 7.36. The summed E-state index contributed by atoms with van der Waals surface area (Å²) in [6.07, 6.45) is 9.78. The number of aryl methyl sites for hydroxylation is 1. The lowest BCUT2D eigenvalue weighted by Crippen LogP contribution is -2.61. The number of carbonyl (C=O) groups excluding carboxylic acids is 1. The van der Waals surface area contributed by atoms with Crippen LogP contribution < -0.4 is 0 Å². The van der Waals surface area contributed by atoms with Gasteiger partial charge in [-0.2, -0.15) is 5.10 Å². The topological polar surface area (TPSA) is 68.8 Å². The maximum Gasteiger partial charge on any atom is 0.228 e. The zero-order chi connectivity index (χ0) is 20.4. The quantitative estimate of drug-likeness (QED) is 0.650. The van der Waals surface area contributed by atoms with Gasteiger partial charge < -0.3 is 4.90 Å². The lowest BCUT2D eigenvalue weighted by Gasteiger charge is -2.61. The molecule has 0 N–H and O–H groups in total. The molecular formula is C20H26BrClN6O. The molecule has 4 saturated carbocycles. The van der Waals surface area contributed by atoms with Crippen molar-refractivity contribution in [2.24, 2.45) is 17.3 Å². The van der Waals surface area contributed by atoms with Crippen LogP contribution >= 0.6 is 27.5 Å². The predicted molar refractivity (Wildman–Crippen MR) is 112 cm³/mol. The van der Waals surface area contributed by atoms with Gasteiger partial charge in [0.25, 0.3) is 0 Å². The minimum absolute atomic E-state index is 0.0809. The minimum atomic E-state index is -0.305. The molecule has 7 nitrogen and oxygen atoms in total. The first-order valence-electron chi connectivity index (χ1n) is 10.4. The Kier molecular flexibility index (Phi) is 4.59. The molecule has 0 saturated heterocycles. The molecule has 4 aliphatic carbocycles. The fourth-order valence-corrected chi connectivity index (χ4v) is 7.19. The molecule has 1 amide bonds. The molecule has 4 aliphatic rings. The molecule has 4 bridgehead atoms. The highest BCUT2D eigenvalue weighted by Crippen LogP contribution is 2.64. The number of halogens is 2. The smallest absolute Gasteiger partial charge is 0.228 e. The van der Waals surface area contributed by atoms with E-state index in [-0.39, 0.29) is 16.9 Å². The fraction of sp³-hybridized carbons (Fsp3) is 0.700. The van der Waals surface area contributed by atoms with Gasteiger partial charge in [-0.3, -0.25) is 9.48 Å². The Morgan fingerprint density at radius 3 is 2.69 bits per heavy atom. The molecule has 0 radical (unpaired) electrons. The number of aromatic nitrogens is 5. The van der Waals surface area contributed by atoms with Crippen molar-refractivity contribution in [1.29, 1.82) is 0 Å². The molecule has 2 aromatic heterocycles. The number of carbonyl (C=O) groups is 1. The number of nitrogens with zero attached hydrogens (tertiary/aromatic N) is 6. The first-order valence-corrected chi connectivity index (χ1v) is 11.5. The number of amides is 1. The monoisotopic (exact) mass is 480 g/mol. The Bertz CT molecular complexity index is 941. The Balaban J connectivity index is 1.44. The van der Waals surface area contributed by atoms with Gasteiger partial charge in [0.2, 0.25) is 10.6 Å². The summed E-state index contributed by atoms with van der Waals surface area (Å²) in [6, 6.07) is 0. The first kappa shape index (κ1) is 19.5. The summed E-state index contributed by atoms with van der Waals surface area (Å²) < 4.78 is 4.54. The van der Waals surface area contributed by atoms with Crippen molar-refractivity contribution in [2.75, 3.05) is 7.05 Å². The summed E-state index contributed by atoms with van der Waals surface area (Å²) in [5.74, 6) is 1.41. The molecule has 0 aliphatic heterocycles. The highest BCUT2D eigenvalue weighted by molar-refractivity contribution is 9.10. The summed E-state index contributed by atoms with van der Waals surface area (Å²) in [7, 11) is 1.91. The van der Waals surface area contributed by atoms with Gasteiger partial charge in [0.05, 0.1) is 34.4 Å². The van der Waals surface area contributed by atoms with Crippen LogP contribution in [0.4, 0.5) is 0 Å². The Labute approximate surface area is 183 Å². The fourth-order valence-electron chi connectivity index (χ4n) is 6.72. The van der Waals surface area contributed by atoms with Crippen LogP contribution in [0.1, 0.15) is 51.1 Å². The highest BCUT2D eigenvalue weighted by atomic mass is 79.9. The van der Waals surface area contributed by atoms with Crippen LogP contribution in [0, 0.1) is 17.3 Å². The highest BCUT2D eigenvalue weighted by Gasteiger charge is 2.62. The second-order valence-corrected chi connectivity index (χ2v) is 10.5. The maximum atomic E-state index is 13.8. The molecule has 2 aromatic rings. The molecule has 9 heteroatoms. The molecule has 156 valence electrons. The molecule has 0 spiro atoms. The van der Waals surface area contributed by atoms with Crippen LogP contribution in [0.25, 0.3) is 0 Å². The number of rotatable bonds is 5. The van der Waals surface area contributed by atoms with E-state index in [2.05, 4.69) is 31.1 Å². The largest absolute Gasteiger partial charge is 0.339 e. The lowest BCUT2D eigenvalue weighted by molar-refractivity contribution is -0.166. The van der Waals surface area contributed by atoms with Gasteiger partial charge >= 0.3 is 0 Å². The molecule has 2 unspecified atom stereocenters. The van der Waals surface area contributed by atoms with Gasteiger partial charge in [0.1, 0.15) is 6.33 Å². The van der Waals surface area contributed by atoms with E-state index in [4.69, 9.17) is 11.6 Å². The van der Waals surface area contributed by atoms with E-state index in [1.807, 2.05) is 34.6 Å². The normalized spacial score (nSPS) is 32.7. The summed E-state index contributed by atoms with van der Waals surface area (Å²) in [4.78, 5) is 20.0. The number of hydrogen-bond acceptors (Lipinski definition) is 4. The lowest BCUT2D eigenvalue weighted by atomic mass is 9.46. The van der Waals surface area contributed by atoms with Crippen molar-refractivity contribution in [2.45, 2.75) is 64.1 Å². The number of hydrogen-bond donors (Lipinski definition) is 0. The van der Waals surface area contributed by atoms with Crippen LogP contribution in [-0.2, 0) is 23.4 Å². The van der Waals surface area contributed by atoms with Gasteiger partial charge in [0.15, 0.2) is 0 Å². The van der Waals surface area contributed by atoms with E-state index in [0.717, 1.165) is 44.3 Å². The molecule has 2 atom stereocenters. The minimum Gasteiger partial charge on any atom is -0.339 e. The van der Waals surface area contributed by atoms with Crippen LogP contribution in [0.5, 0.6) is 0 Å². The van der Waals surface area contributed by atoms with E-state index >= 15 is 0 Å². The van der Waals surface area contributed by atoms with Crippen molar-refractivity contribution in [1.82, 2.24) is 29.4 Å². The van der Waals surface area contributed by atoms with Crippen LogP contribution in [0.15, 0.2) is 17.3 Å². The summed E-state index contributed by atoms with van der Waals surface area (Å²) in [5.41, 5.74) is 0.521. The zero-order valence-electron chi connectivity index (χ0n) is 16.8. The van der Waals surface area contributed by atoms with Crippen molar-refractivity contribution in [3.8, 4) is 0 Å². The average molecular weight is 482 g/mol. The van der Waals surface area contributed by atoms with Gasteiger partial charge in [-0.15, -0.1) is 5.10 Å². The van der Waals surface area contributed by atoms with Crippen LogP contribution in [-0.4, -0.2) is 42.4 Å². The Morgan fingerprint density at radius 1 is 1.34 bits per heavy atom. The van der Waals surface area contributed by atoms with E-state index in [0.29, 0.717) is 28.1 Å². The molecule has 29 heavy (non-hydrogen) atoms. The molecule has 0 aromatic carbocycles. The van der Waals surface area contributed by atoms with E-state index in [1.54, 1.807) is 6.20 Å². The zero-order valence-corrected chi connectivity index (χ0v) is 19.2. The first-order chi connectivity index (χ1) is 13.8. The average Bonchev–Trinajstić information content (AvgIpc) is 3.26. The van der Waals surface area contributed by atoms with Gasteiger partial charge in [-0.05, 0) is 73.2 Å². The maximum absolute atomic E-state index is 13.8. The van der Waals surface area contributed by atoms with Crippen molar-refractivity contribution >= 4 is 33.4 Å². The van der Waals surface area contributed by atoms with Crippen molar-refractivity contribution in [3.05, 3.63) is 28.0 Å². The SMILES string of the molecule is CCn1ncc(Cl)c1CN(C)C(=O)C12CC3CC(C1)CC(n1cnc(Br)n1)(C3)C2.